The normalized spacial score (nSPS) is 24.0. The molecule has 0 unspecified atom stereocenters. The van der Waals surface area contributed by atoms with Gasteiger partial charge < -0.3 is 59.1 Å². The van der Waals surface area contributed by atoms with Crippen LogP contribution in [0.1, 0.15) is 0 Å². The number of aliphatic hydroxyl groups is 4. The van der Waals surface area contributed by atoms with Crippen molar-refractivity contribution in [3.63, 3.8) is 0 Å². The molecule has 2 heterocycles. The van der Waals surface area contributed by atoms with Crippen molar-refractivity contribution in [1.82, 2.24) is 0 Å². The topological polar surface area (TPSA) is 209 Å². The Hall–Kier alpha value is -3.75. The third-order valence-electron chi connectivity index (χ3n) is 5.77. The summed E-state index contributed by atoms with van der Waals surface area (Å²) in [5.74, 6) is -2.60. The Bertz CT molecular complexity index is 1330. The van der Waals surface area contributed by atoms with E-state index in [2.05, 4.69) is 0 Å². The first kappa shape index (κ1) is 25.3. The summed E-state index contributed by atoms with van der Waals surface area (Å²) in [6, 6.07) is 4.69. The van der Waals surface area contributed by atoms with Gasteiger partial charge in [-0.15, -0.1) is 0 Å². The predicted molar refractivity (Wildman–Crippen MR) is 120 cm³/mol. The average Bonchev–Trinajstić information content (AvgIpc) is 2.86. The summed E-state index contributed by atoms with van der Waals surface area (Å²) in [5.41, 5.74) is -0.953. The van der Waals surface area contributed by atoms with Crippen molar-refractivity contribution in [2.75, 3.05) is 20.8 Å². The minimum absolute atomic E-state index is 0.104. The van der Waals surface area contributed by atoms with E-state index in [1.165, 1.54) is 26.4 Å². The highest BCUT2D eigenvalue weighted by atomic mass is 16.7. The smallest absolute Gasteiger partial charge is 0.229 e. The molecular weight excluding hydrogens is 484 g/mol. The second kappa shape index (κ2) is 9.72. The standard InChI is InChI=1S/C23H24O13/c1-32-20-16(29)14-11(27)6-12(8-3-4-9(25)10(26)5-8)34-19(14)22(21(20)33-2)36-23-18(31)17(30)15(28)13(7-24)35-23/h3-6,13,15,17-18,23-26,28-31H,7H2,1-2H3/t13-,15-,17+,18-,23+/m1/s1. The van der Waals surface area contributed by atoms with E-state index in [-0.39, 0.29) is 39.5 Å². The fraction of sp³-hybridized carbons (Fsp3) is 0.348. The third-order valence-corrected chi connectivity index (χ3v) is 5.77. The zero-order valence-electron chi connectivity index (χ0n) is 19.0. The highest BCUT2D eigenvalue weighted by Crippen LogP contribution is 2.51. The number of phenols is 3. The monoisotopic (exact) mass is 508 g/mol. The van der Waals surface area contributed by atoms with Gasteiger partial charge in [-0.2, -0.15) is 0 Å². The Morgan fingerprint density at radius 3 is 2.19 bits per heavy atom. The van der Waals surface area contributed by atoms with Gasteiger partial charge >= 0.3 is 0 Å². The van der Waals surface area contributed by atoms with Gasteiger partial charge in [0.1, 0.15) is 35.6 Å². The van der Waals surface area contributed by atoms with Crippen molar-refractivity contribution in [3.05, 3.63) is 34.5 Å². The van der Waals surface area contributed by atoms with Crippen LogP contribution in [0.25, 0.3) is 22.3 Å². The largest absolute Gasteiger partial charge is 0.504 e. The Kier molecular flexibility index (Phi) is 6.84. The maximum Gasteiger partial charge on any atom is 0.229 e. The fourth-order valence-electron chi connectivity index (χ4n) is 3.89. The van der Waals surface area contributed by atoms with Gasteiger partial charge in [0.25, 0.3) is 0 Å². The van der Waals surface area contributed by atoms with Crippen molar-refractivity contribution >= 4 is 11.0 Å². The van der Waals surface area contributed by atoms with Gasteiger partial charge in [0, 0.05) is 11.6 Å². The van der Waals surface area contributed by atoms with E-state index in [1.807, 2.05) is 0 Å². The predicted octanol–water partition coefficient (Wildman–Crippen LogP) is -0.227. The van der Waals surface area contributed by atoms with Crippen LogP contribution in [0.4, 0.5) is 0 Å². The van der Waals surface area contributed by atoms with E-state index < -0.39 is 60.0 Å². The van der Waals surface area contributed by atoms with Crippen LogP contribution in [0.2, 0.25) is 0 Å². The van der Waals surface area contributed by atoms with Crippen LogP contribution >= 0.6 is 0 Å². The Balaban J connectivity index is 1.95. The van der Waals surface area contributed by atoms with Crippen LogP contribution in [0.3, 0.4) is 0 Å². The van der Waals surface area contributed by atoms with E-state index >= 15 is 0 Å². The molecule has 1 aliphatic heterocycles. The molecule has 0 radical (unpaired) electrons. The second-order valence-corrected chi connectivity index (χ2v) is 7.94. The van der Waals surface area contributed by atoms with Gasteiger partial charge in [-0.05, 0) is 18.2 Å². The van der Waals surface area contributed by atoms with Gasteiger partial charge in [-0.25, -0.2) is 0 Å². The highest BCUT2D eigenvalue weighted by molar-refractivity contribution is 5.95. The molecule has 194 valence electrons. The van der Waals surface area contributed by atoms with Gasteiger partial charge in [-0.3, -0.25) is 4.79 Å². The lowest BCUT2D eigenvalue weighted by molar-refractivity contribution is -0.277. The van der Waals surface area contributed by atoms with Gasteiger partial charge in [0.05, 0.1) is 20.8 Å². The molecule has 2 aromatic carbocycles. The van der Waals surface area contributed by atoms with Gasteiger partial charge in [0.15, 0.2) is 28.3 Å². The molecule has 1 aliphatic rings. The van der Waals surface area contributed by atoms with Gasteiger partial charge in [-0.1, -0.05) is 0 Å². The van der Waals surface area contributed by atoms with Crippen molar-refractivity contribution in [2.45, 2.75) is 30.7 Å². The number of hydrogen-bond donors (Lipinski definition) is 7. The van der Waals surface area contributed by atoms with Crippen molar-refractivity contribution in [3.8, 4) is 45.8 Å². The van der Waals surface area contributed by atoms with E-state index in [1.54, 1.807) is 0 Å². The summed E-state index contributed by atoms with van der Waals surface area (Å²) in [4.78, 5) is 13.0. The molecule has 1 fully saturated rings. The van der Waals surface area contributed by atoms with E-state index in [9.17, 15) is 40.5 Å². The van der Waals surface area contributed by atoms with E-state index in [0.29, 0.717) is 0 Å². The lowest BCUT2D eigenvalue weighted by atomic mass is 9.99. The number of aromatic hydroxyl groups is 3. The molecule has 0 bridgehead atoms. The number of hydrogen-bond acceptors (Lipinski definition) is 13. The second-order valence-electron chi connectivity index (χ2n) is 7.94. The van der Waals surface area contributed by atoms with Gasteiger partial charge in [0.2, 0.25) is 23.5 Å². The molecule has 5 atom stereocenters. The summed E-state index contributed by atoms with van der Waals surface area (Å²) in [5, 5.41) is 69.9. The Morgan fingerprint density at radius 2 is 1.58 bits per heavy atom. The highest BCUT2D eigenvalue weighted by Gasteiger charge is 2.45. The molecule has 0 spiro atoms. The lowest BCUT2D eigenvalue weighted by Gasteiger charge is -2.39. The van der Waals surface area contributed by atoms with Crippen LogP contribution in [-0.4, -0.2) is 87.3 Å². The molecule has 36 heavy (non-hydrogen) atoms. The molecule has 1 aromatic heterocycles. The number of rotatable bonds is 6. The summed E-state index contributed by atoms with van der Waals surface area (Å²) in [7, 11) is 2.39. The fourth-order valence-corrected chi connectivity index (χ4v) is 3.89. The third kappa shape index (κ3) is 4.12. The van der Waals surface area contributed by atoms with Crippen molar-refractivity contribution in [1.29, 1.82) is 0 Å². The first-order valence-electron chi connectivity index (χ1n) is 10.6. The molecule has 13 nitrogen and oxygen atoms in total. The first-order valence-corrected chi connectivity index (χ1v) is 10.6. The number of phenolic OH excluding ortho intramolecular Hbond substituents is 3. The van der Waals surface area contributed by atoms with E-state index in [4.69, 9.17) is 23.4 Å². The number of ether oxygens (including phenoxy) is 4. The molecule has 4 rings (SSSR count). The quantitative estimate of drug-likeness (QED) is 0.215. The van der Waals surface area contributed by atoms with Crippen LogP contribution in [0.5, 0.6) is 34.5 Å². The molecule has 0 saturated carbocycles. The number of fused-ring (bicyclic) bond motifs is 1. The van der Waals surface area contributed by atoms with Crippen LogP contribution in [0.15, 0.2) is 33.5 Å². The minimum atomic E-state index is -1.81. The Labute approximate surface area is 202 Å². The summed E-state index contributed by atoms with van der Waals surface area (Å²) in [6.07, 6.45) is -8.22. The average molecular weight is 508 g/mol. The minimum Gasteiger partial charge on any atom is -0.504 e. The number of methoxy groups -OCH3 is 2. The lowest BCUT2D eigenvalue weighted by Crippen LogP contribution is -2.60. The summed E-state index contributed by atoms with van der Waals surface area (Å²) >= 11 is 0. The summed E-state index contributed by atoms with van der Waals surface area (Å²) < 4.78 is 27.5. The molecular formula is C23H24O13. The van der Waals surface area contributed by atoms with Crippen molar-refractivity contribution < 1.29 is 59.1 Å². The van der Waals surface area contributed by atoms with Crippen LogP contribution in [0, 0.1) is 0 Å². The van der Waals surface area contributed by atoms with E-state index in [0.717, 1.165) is 12.1 Å². The number of benzene rings is 2. The molecule has 0 amide bonds. The molecule has 3 aromatic rings. The Morgan fingerprint density at radius 1 is 0.889 bits per heavy atom. The zero-order chi connectivity index (χ0) is 26.3. The maximum absolute atomic E-state index is 13.0. The molecule has 0 aliphatic carbocycles. The molecule has 1 saturated heterocycles. The molecule has 13 heteroatoms. The molecule has 7 N–H and O–H groups in total. The van der Waals surface area contributed by atoms with Crippen LogP contribution in [-0.2, 0) is 4.74 Å². The SMILES string of the molecule is COc1c(OC)c(O)c2c(=O)cc(-c3ccc(O)c(O)c3)oc2c1O[C@@H]1O[C@H](CO)[C@@H](O)[C@H](O)[C@H]1O. The zero-order valence-corrected chi connectivity index (χ0v) is 19.0. The summed E-state index contributed by atoms with van der Waals surface area (Å²) in [6.45, 7) is -0.717. The van der Waals surface area contributed by atoms with Crippen molar-refractivity contribution in [2.24, 2.45) is 0 Å². The maximum atomic E-state index is 13.0. The van der Waals surface area contributed by atoms with Crippen LogP contribution < -0.4 is 19.6 Å². The number of aliphatic hydroxyl groups excluding tert-OH is 4. The first-order chi connectivity index (χ1) is 17.1.